The average Bonchev–Trinajstić information content (AvgIpc) is 3.53. The summed E-state index contributed by atoms with van der Waals surface area (Å²) in [5.74, 6) is -1.61. The molecule has 4 rings (SSSR count). The van der Waals surface area contributed by atoms with E-state index in [1.54, 1.807) is 11.9 Å². The summed E-state index contributed by atoms with van der Waals surface area (Å²) in [7, 11) is 1.65. The Morgan fingerprint density at radius 2 is 2.00 bits per heavy atom. The van der Waals surface area contributed by atoms with Gasteiger partial charge in [-0.05, 0) is 30.0 Å². The van der Waals surface area contributed by atoms with E-state index in [0.717, 1.165) is 36.1 Å². The predicted molar refractivity (Wildman–Crippen MR) is 144 cm³/mol. The SMILES string of the molecule is CCCCN(CCN)C(=O)CN1CC(c2ccc3c(c2)CCO3)C(C(=O)O)C1CCN1C(=O)CCN(C)C1=O. The molecule has 2 saturated heterocycles. The van der Waals surface area contributed by atoms with Crippen LogP contribution in [-0.2, 0) is 20.8 Å². The highest BCUT2D eigenvalue weighted by atomic mass is 16.5. The molecule has 2 fully saturated rings. The number of carboxylic acid groups (broad SMARTS) is 1. The van der Waals surface area contributed by atoms with E-state index in [4.69, 9.17) is 10.5 Å². The fraction of sp³-hybridized carbons (Fsp3) is 0.643. The first-order valence-electron chi connectivity index (χ1n) is 14.0. The van der Waals surface area contributed by atoms with E-state index >= 15 is 0 Å². The molecule has 3 aliphatic rings. The molecular weight excluding hydrogens is 502 g/mol. The van der Waals surface area contributed by atoms with Crippen LogP contribution in [0.15, 0.2) is 18.2 Å². The van der Waals surface area contributed by atoms with Crippen LogP contribution in [0.4, 0.5) is 4.79 Å². The fourth-order valence-corrected chi connectivity index (χ4v) is 6.06. The average molecular weight is 544 g/mol. The minimum atomic E-state index is -0.949. The number of rotatable bonds is 12. The number of fused-ring (bicyclic) bond motifs is 1. The molecule has 1 aromatic carbocycles. The van der Waals surface area contributed by atoms with Crippen molar-refractivity contribution in [3.05, 3.63) is 29.3 Å². The van der Waals surface area contributed by atoms with E-state index in [1.165, 1.54) is 9.80 Å². The Kier molecular flexibility index (Phi) is 9.45. The Hall–Kier alpha value is -3.18. The van der Waals surface area contributed by atoms with Crippen LogP contribution in [0.1, 0.15) is 49.7 Å². The Morgan fingerprint density at radius 3 is 2.72 bits per heavy atom. The van der Waals surface area contributed by atoms with E-state index in [-0.39, 0.29) is 49.7 Å². The monoisotopic (exact) mass is 543 g/mol. The van der Waals surface area contributed by atoms with Gasteiger partial charge in [0.25, 0.3) is 0 Å². The van der Waals surface area contributed by atoms with E-state index in [0.29, 0.717) is 39.3 Å². The molecule has 11 heteroatoms. The number of hydrogen-bond acceptors (Lipinski definition) is 7. The van der Waals surface area contributed by atoms with Gasteiger partial charge in [-0.15, -0.1) is 0 Å². The van der Waals surface area contributed by atoms with Crippen LogP contribution in [0.2, 0.25) is 0 Å². The van der Waals surface area contributed by atoms with Crippen molar-refractivity contribution < 1.29 is 29.0 Å². The van der Waals surface area contributed by atoms with E-state index < -0.39 is 17.9 Å². The zero-order chi connectivity index (χ0) is 28.1. The van der Waals surface area contributed by atoms with Gasteiger partial charge in [0.2, 0.25) is 11.8 Å². The lowest BCUT2D eigenvalue weighted by Gasteiger charge is -2.34. The first kappa shape index (κ1) is 28.8. The summed E-state index contributed by atoms with van der Waals surface area (Å²) < 4.78 is 5.64. The maximum atomic E-state index is 13.4. The molecule has 3 N–H and O–H groups in total. The molecule has 39 heavy (non-hydrogen) atoms. The second-order valence-corrected chi connectivity index (χ2v) is 10.7. The molecule has 3 unspecified atom stereocenters. The third kappa shape index (κ3) is 6.36. The highest BCUT2D eigenvalue weighted by Crippen LogP contribution is 2.41. The Bertz CT molecular complexity index is 1080. The number of imide groups is 1. The summed E-state index contributed by atoms with van der Waals surface area (Å²) in [6, 6.07) is 4.94. The minimum Gasteiger partial charge on any atom is -0.493 e. The number of aliphatic carboxylic acids is 1. The quantitative estimate of drug-likeness (QED) is 0.403. The molecule has 3 heterocycles. The lowest BCUT2D eigenvalue weighted by atomic mass is 9.83. The van der Waals surface area contributed by atoms with Crippen molar-refractivity contribution in [3.8, 4) is 5.75 Å². The van der Waals surface area contributed by atoms with Crippen molar-refractivity contribution in [2.24, 2.45) is 11.7 Å². The maximum Gasteiger partial charge on any atom is 0.326 e. The van der Waals surface area contributed by atoms with Crippen LogP contribution >= 0.6 is 0 Å². The lowest BCUT2D eigenvalue weighted by molar-refractivity contribution is -0.144. The van der Waals surface area contributed by atoms with Gasteiger partial charge >= 0.3 is 12.0 Å². The molecule has 3 atom stereocenters. The number of hydrogen-bond donors (Lipinski definition) is 2. The van der Waals surface area contributed by atoms with E-state index in [1.807, 2.05) is 23.1 Å². The van der Waals surface area contributed by atoms with Crippen LogP contribution < -0.4 is 10.5 Å². The largest absolute Gasteiger partial charge is 0.493 e. The molecule has 3 aliphatic heterocycles. The standard InChI is InChI=1S/C28H41N5O6/c1-3-4-11-31(14-10-29)25(35)18-32-17-21(19-5-6-23-20(16-19)9-15-39-23)26(27(36)37)22(32)7-13-33-24(34)8-12-30(2)28(33)38/h5-6,16,21-22,26H,3-4,7-15,17-18,29H2,1-2H3,(H,36,37). The number of carboxylic acids is 1. The van der Waals surface area contributed by atoms with Crippen molar-refractivity contribution in [2.45, 2.75) is 51.0 Å². The van der Waals surface area contributed by atoms with Gasteiger partial charge in [-0.25, -0.2) is 4.79 Å². The number of urea groups is 1. The summed E-state index contributed by atoms with van der Waals surface area (Å²) in [5.41, 5.74) is 7.74. The van der Waals surface area contributed by atoms with Gasteiger partial charge in [-0.1, -0.05) is 25.5 Å². The van der Waals surface area contributed by atoms with Crippen LogP contribution in [-0.4, -0.2) is 114 Å². The first-order chi connectivity index (χ1) is 18.7. The molecule has 214 valence electrons. The number of nitrogens with zero attached hydrogens (tertiary/aromatic N) is 4. The third-order valence-corrected chi connectivity index (χ3v) is 8.21. The second kappa shape index (κ2) is 12.8. The summed E-state index contributed by atoms with van der Waals surface area (Å²) in [4.78, 5) is 57.8. The Labute approximate surface area is 229 Å². The first-order valence-corrected chi connectivity index (χ1v) is 14.0. The fourth-order valence-electron chi connectivity index (χ4n) is 6.06. The Morgan fingerprint density at radius 1 is 1.21 bits per heavy atom. The molecule has 0 spiro atoms. The van der Waals surface area contributed by atoms with Crippen LogP contribution in [0.25, 0.3) is 0 Å². The number of amides is 4. The highest BCUT2D eigenvalue weighted by molar-refractivity contribution is 5.96. The van der Waals surface area contributed by atoms with Crippen molar-refractivity contribution >= 4 is 23.8 Å². The van der Waals surface area contributed by atoms with Crippen molar-refractivity contribution in [1.29, 1.82) is 0 Å². The lowest BCUT2D eigenvalue weighted by Crippen LogP contribution is -2.52. The van der Waals surface area contributed by atoms with Gasteiger partial charge in [-0.2, -0.15) is 0 Å². The van der Waals surface area contributed by atoms with Gasteiger partial charge in [-0.3, -0.25) is 24.2 Å². The Balaban J connectivity index is 1.60. The zero-order valence-electron chi connectivity index (χ0n) is 23.0. The number of carbonyl (C=O) groups is 4. The number of likely N-dealkylation sites (tertiary alicyclic amines) is 1. The molecule has 0 aromatic heterocycles. The number of benzene rings is 1. The van der Waals surface area contributed by atoms with Crippen LogP contribution in [0.3, 0.4) is 0 Å². The summed E-state index contributed by atoms with van der Waals surface area (Å²) in [6.07, 6.45) is 3.09. The number of ether oxygens (including phenoxy) is 1. The predicted octanol–water partition coefficient (Wildman–Crippen LogP) is 1.35. The normalized spacial score (nSPS) is 23.2. The second-order valence-electron chi connectivity index (χ2n) is 10.7. The molecular formula is C28H41N5O6. The van der Waals surface area contributed by atoms with Crippen molar-refractivity contribution in [3.63, 3.8) is 0 Å². The van der Waals surface area contributed by atoms with Crippen LogP contribution in [0.5, 0.6) is 5.75 Å². The minimum absolute atomic E-state index is 0.0600. The van der Waals surface area contributed by atoms with Gasteiger partial charge in [0.15, 0.2) is 0 Å². The van der Waals surface area contributed by atoms with Gasteiger partial charge < -0.3 is 25.4 Å². The summed E-state index contributed by atoms with van der Waals surface area (Å²) in [6.45, 7) is 4.99. The van der Waals surface area contributed by atoms with Crippen molar-refractivity contribution in [2.75, 3.05) is 59.5 Å². The molecule has 1 aromatic rings. The van der Waals surface area contributed by atoms with Crippen LogP contribution in [0, 0.1) is 5.92 Å². The summed E-state index contributed by atoms with van der Waals surface area (Å²) >= 11 is 0. The van der Waals surface area contributed by atoms with Crippen molar-refractivity contribution in [1.82, 2.24) is 19.6 Å². The smallest absolute Gasteiger partial charge is 0.326 e. The molecule has 0 bridgehead atoms. The molecule has 0 aliphatic carbocycles. The van der Waals surface area contributed by atoms with Gasteiger partial charge in [0, 0.05) is 71.1 Å². The third-order valence-electron chi connectivity index (χ3n) is 8.21. The van der Waals surface area contributed by atoms with Gasteiger partial charge in [0.05, 0.1) is 19.1 Å². The molecule has 4 amide bonds. The molecule has 0 saturated carbocycles. The highest BCUT2D eigenvalue weighted by Gasteiger charge is 2.48. The molecule has 0 radical (unpaired) electrons. The number of nitrogens with two attached hydrogens (primary N) is 1. The van der Waals surface area contributed by atoms with E-state index in [9.17, 15) is 24.3 Å². The summed E-state index contributed by atoms with van der Waals surface area (Å²) in [5, 5.41) is 10.4. The molecule has 11 nitrogen and oxygen atoms in total. The van der Waals surface area contributed by atoms with Gasteiger partial charge in [0.1, 0.15) is 5.75 Å². The maximum absolute atomic E-state index is 13.4. The zero-order valence-corrected chi connectivity index (χ0v) is 23.0. The number of carbonyl (C=O) groups excluding carboxylic acids is 3. The number of unbranched alkanes of at least 4 members (excludes halogenated alkanes) is 1. The van der Waals surface area contributed by atoms with E-state index in [2.05, 4.69) is 6.92 Å². The topological polar surface area (TPSA) is 137 Å².